The first-order chi connectivity index (χ1) is 6.59. The van der Waals surface area contributed by atoms with Crippen molar-refractivity contribution in [3.05, 3.63) is 26.7 Å². The molecule has 7 nitrogen and oxygen atoms in total. The number of aromatic amines is 1. The lowest BCUT2D eigenvalue weighted by Gasteiger charge is -1.98. The predicted molar refractivity (Wildman–Crippen MR) is 47.9 cm³/mol. The Morgan fingerprint density at radius 1 is 1.29 bits per heavy atom. The summed E-state index contributed by atoms with van der Waals surface area (Å²) in [6.45, 7) is 1.62. The second-order valence-corrected chi connectivity index (χ2v) is 2.85. The number of nitrogens with zero attached hydrogens (tertiary/aromatic N) is 4. The van der Waals surface area contributed by atoms with Crippen LogP contribution in [0.4, 0.5) is 0 Å². The van der Waals surface area contributed by atoms with Crippen molar-refractivity contribution in [2.45, 2.75) is 6.92 Å². The Bertz CT molecular complexity index is 611. The van der Waals surface area contributed by atoms with E-state index in [2.05, 4.69) is 20.2 Å². The number of aryl methyl sites for hydroxylation is 1. The van der Waals surface area contributed by atoms with Crippen LogP contribution < -0.4 is 11.2 Å². The average molecular weight is 193 g/mol. The van der Waals surface area contributed by atoms with Crippen LogP contribution in [-0.2, 0) is 7.05 Å². The molecule has 0 aliphatic heterocycles. The summed E-state index contributed by atoms with van der Waals surface area (Å²) in [5.41, 5.74) is -0.757. The topological polar surface area (TPSA) is 93.5 Å². The first-order valence-corrected chi connectivity index (χ1v) is 3.90. The highest BCUT2D eigenvalue weighted by molar-refractivity contribution is 5.66. The van der Waals surface area contributed by atoms with Gasteiger partial charge in [0.1, 0.15) is 5.82 Å². The molecule has 0 aromatic carbocycles. The van der Waals surface area contributed by atoms with Crippen molar-refractivity contribution in [2.24, 2.45) is 7.05 Å². The maximum absolute atomic E-state index is 11.5. The van der Waals surface area contributed by atoms with Crippen molar-refractivity contribution in [2.75, 3.05) is 0 Å². The smallest absolute Gasteiger partial charge is 0.288 e. The maximum atomic E-state index is 11.5. The van der Waals surface area contributed by atoms with Crippen molar-refractivity contribution in [1.82, 2.24) is 24.7 Å². The molecule has 0 aliphatic carbocycles. The third-order valence-corrected chi connectivity index (χ3v) is 1.83. The van der Waals surface area contributed by atoms with Crippen LogP contribution in [0, 0.1) is 6.92 Å². The average Bonchev–Trinajstić information content (AvgIpc) is 2.16. The van der Waals surface area contributed by atoms with Gasteiger partial charge in [0.05, 0.1) is 0 Å². The van der Waals surface area contributed by atoms with Gasteiger partial charge >= 0.3 is 5.69 Å². The van der Waals surface area contributed by atoms with Gasteiger partial charge < -0.3 is 0 Å². The Balaban J connectivity index is 3.07. The monoisotopic (exact) mass is 193 g/mol. The second-order valence-electron chi connectivity index (χ2n) is 2.85. The van der Waals surface area contributed by atoms with E-state index in [0.29, 0.717) is 5.82 Å². The van der Waals surface area contributed by atoms with Gasteiger partial charge in [-0.3, -0.25) is 14.3 Å². The number of hydrogen-bond donors (Lipinski definition) is 1. The van der Waals surface area contributed by atoms with Crippen LogP contribution in [0.15, 0.2) is 9.59 Å². The molecule has 14 heavy (non-hydrogen) atoms. The molecule has 0 radical (unpaired) electrons. The molecular weight excluding hydrogens is 186 g/mol. The molecular formula is C7H7N5O2. The Labute approximate surface area is 77.4 Å². The fourth-order valence-corrected chi connectivity index (χ4v) is 1.08. The fraction of sp³-hybridized carbons (Fsp3) is 0.286. The number of fused-ring (bicyclic) bond motifs is 1. The quantitative estimate of drug-likeness (QED) is 0.562. The van der Waals surface area contributed by atoms with Gasteiger partial charge in [-0.15, -0.1) is 10.2 Å². The van der Waals surface area contributed by atoms with Crippen molar-refractivity contribution >= 4 is 11.2 Å². The van der Waals surface area contributed by atoms with Gasteiger partial charge in [0.2, 0.25) is 0 Å². The molecule has 0 unspecified atom stereocenters. The van der Waals surface area contributed by atoms with Crippen LogP contribution in [0.3, 0.4) is 0 Å². The molecule has 0 saturated heterocycles. The molecule has 0 saturated carbocycles. The first kappa shape index (κ1) is 8.54. The molecule has 0 spiro atoms. The fourth-order valence-electron chi connectivity index (χ4n) is 1.08. The van der Waals surface area contributed by atoms with Crippen molar-refractivity contribution < 1.29 is 0 Å². The van der Waals surface area contributed by atoms with Gasteiger partial charge in [0, 0.05) is 7.05 Å². The largest absolute Gasteiger partial charge is 0.329 e. The van der Waals surface area contributed by atoms with Crippen LogP contribution in [0.25, 0.3) is 11.2 Å². The third kappa shape index (κ3) is 1.10. The molecule has 2 aromatic heterocycles. The van der Waals surface area contributed by atoms with E-state index in [1.165, 1.54) is 7.05 Å². The number of rotatable bonds is 0. The molecule has 0 fully saturated rings. The molecule has 72 valence electrons. The maximum Gasteiger partial charge on any atom is 0.329 e. The zero-order valence-corrected chi connectivity index (χ0v) is 7.61. The van der Waals surface area contributed by atoms with Gasteiger partial charge in [-0.1, -0.05) is 0 Å². The summed E-state index contributed by atoms with van der Waals surface area (Å²) < 4.78 is 0.941. The molecule has 1 N–H and O–H groups in total. The summed E-state index contributed by atoms with van der Waals surface area (Å²) in [4.78, 5) is 29.0. The molecule has 0 aliphatic rings. The van der Waals surface area contributed by atoms with E-state index in [0.717, 1.165) is 4.57 Å². The normalized spacial score (nSPS) is 10.7. The second kappa shape index (κ2) is 2.72. The lowest BCUT2D eigenvalue weighted by Crippen LogP contribution is -2.33. The Morgan fingerprint density at radius 2 is 2.00 bits per heavy atom. The van der Waals surface area contributed by atoms with Gasteiger partial charge in [0.25, 0.3) is 5.56 Å². The van der Waals surface area contributed by atoms with E-state index in [-0.39, 0.29) is 11.2 Å². The van der Waals surface area contributed by atoms with Gasteiger partial charge in [-0.2, -0.15) is 0 Å². The van der Waals surface area contributed by atoms with E-state index in [1.807, 2.05) is 0 Å². The zero-order valence-electron chi connectivity index (χ0n) is 7.61. The lowest BCUT2D eigenvalue weighted by atomic mass is 10.5. The van der Waals surface area contributed by atoms with Crippen molar-refractivity contribution in [1.29, 1.82) is 0 Å². The minimum Gasteiger partial charge on any atom is -0.288 e. The van der Waals surface area contributed by atoms with Gasteiger partial charge in [-0.25, -0.2) is 9.78 Å². The highest BCUT2D eigenvalue weighted by Crippen LogP contribution is 1.94. The van der Waals surface area contributed by atoms with Crippen LogP contribution in [0.5, 0.6) is 0 Å². The molecule has 2 rings (SSSR count). The van der Waals surface area contributed by atoms with Crippen LogP contribution in [0.2, 0.25) is 0 Å². The molecule has 0 atom stereocenters. The summed E-state index contributed by atoms with van der Waals surface area (Å²) in [5.74, 6) is 0.390. The number of H-pyrrole nitrogens is 1. The van der Waals surface area contributed by atoms with Gasteiger partial charge in [0.15, 0.2) is 11.2 Å². The van der Waals surface area contributed by atoms with Crippen LogP contribution in [0.1, 0.15) is 5.82 Å². The molecule has 2 heterocycles. The number of aromatic nitrogens is 5. The van der Waals surface area contributed by atoms with E-state index in [9.17, 15) is 9.59 Å². The predicted octanol–water partition coefficient (Wildman–Crippen LogP) is -1.28. The van der Waals surface area contributed by atoms with Crippen molar-refractivity contribution in [3.63, 3.8) is 0 Å². The summed E-state index contributed by atoms with van der Waals surface area (Å²) in [6.07, 6.45) is 0. The molecule has 7 heteroatoms. The van der Waals surface area contributed by atoms with Gasteiger partial charge in [-0.05, 0) is 6.92 Å². The molecule has 0 bridgehead atoms. The summed E-state index contributed by atoms with van der Waals surface area (Å²) in [6, 6.07) is 0. The third-order valence-electron chi connectivity index (χ3n) is 1.83. The zero-order chi connectivity index (χ0) is 10.3. The summed E-state index contributed by atoms with van der Waals surface area (Å²) in [7, 11) is 1.37. The Morgan fingerprint density at radius 3 is 2.71 bits per heavy atom. The Kier molecular flexibility index (Phi) is 1.66. The van der Waals surface area contributed by atoms with Crippen LogP contribution in [-0.4, -0.2) is 24.7 Å². The van der Waals surface area contributed by atoms with E-state index in [4.69, 9.17) is 0 Å². The minimum atomic E-state index is -0.526. The number of nitrogens with one attached hydrogen (secondary N) is 1. The lowest BCUT2D eigenvalue weighted by molar-refractivity contribution is 0.777. The van der Waals surface area contributed by atoms with Crippen LogP contribution >= 0.6 is 0 Å². The van der Waals surface area contributed by atoms with Crippen molar-refractivity contribution in [3.8, 4) is 0 Å². The Hall–Kier alpha value is -2.05. The number of hydrogen-bond acceptors (Lipinski definition) is 5. The minimum absolute atomic E-state index is 0.115. The molecule has 2 aromatic rings. The highest BCUT2D eigenvalue weighted by atomic mass is 16.2. The SMILES string of the molecule is Cc1nnc2[nH]c(=O)n(C)c(=O)c2n1. The molecule has 0 amide bonds. The standard InChI is InChI=1S/C7H7N5O2/c1-3-8-4-5(11-10-3)9-7(14)12(2)6(4)13/h1-2H3,(H,9,11,14). The summed E-state index contributed by atoms with van der Waals surface area (Å²) in [5, 5.41) is 7.30. The van der Waals surface area contributed by atoms with E-state index in [1.54, 1.807) is 6.92 Å². The first-order valence-electron chi connectivity index (χ1n) is 3.90. The van der Waals surface area contributed by atoms with E-state index < -0.39 is 11.2 Å². The highest BCUT2D eigenvalue weighted by Gasteiger charge is 2.07. The van der Waals surface area contributed by atoms with E-state index >= 15 is 0 Å². The summed E-state index contributed by atoms with van der Waals surface area (Å²) >= 11 is 0.